The molecule has 3 aliphatic carbocycles. The molecule has 1 radical (unpaired) electrons. The molecule has 0 aliphatic heterocycles. The zero-order chi connectivity index (χ0) is 25.8. The molecule has 0 heterocycles. The van der Waals surface area contributed by atoms with Gasteiger partial charge in [-0.3, -0.25) is 14.6 Å². The summed E-state index contributed by atoms with van der Waals surface area (Å²) in [5, 5.41) is 17.0. The molecule has 2 aromatic rings. The Hall–Kier alpha value is -3.13. The number of hydrazone groups is 1. The van der Waals surface area contributed by atoms with Crippen molar-refractivity contribution in [2.24, 2.45) is 16.9 Å². The number of carbonyl (C=O) groups is 2. The number of para-hydroxylation sites is 1. The van der Waals surface area contributed by atoms with Crippen LogP contribution in [0.1, 0.15) is 42.7 Å². The van der Waals surface area contributed by atoms with E-state index in [0.717, 1.165) is 28.6 Å². The average Bonchev–Trinajstić information content (AvgIpc) is 2.86. The van der Waals surface area contributed by atoms with Crippen LogP contribution in [0.2, 0.25) is 19.1 Å². The van der Waals surface area contributed by atoms with E-state index in [9.17, 15) is 14.7 Å². The van der Waals surface area contributed by atoms with Crippen LogP contribution >= 0.6 is 0 Å². The lowest BCUT2D eigenvalue weighted by atomic mass is 9.55. The lowest BCUT2D eigenvalue weighted by Gasteiger charge is -2.48. The van der Waals surface area contributed by atoms with Gasteiger partial charge in [0.05, 0.1) is 30.7 Å². The Bertz CT molecular complexity index is 1120. The highest BCUT2D eigenvalue weighted by Gasteiger charge is 2.57. The molecule has 0 saturated heterocycles. The molecule has 1 N–H and O–H groups in total. The quantitative estimate of drug-likeness (QED) is 0.293. The van der Waals surface area contributed by atoms with Crippen LogP contribution in [-0.4, -0.2) is 51.8 Å². The van der Waals surface area contributed by atoms with E-state index in [4.69, 9.17) is 14.6 Å². The lowest BCUT2D eigenvalue weighted by Crippen LogP contribution is -2.51. The number of aromatic hydroxyl groups is 1. The van der Waals surface area contributed by atoms with E-state index in [2.05, 4.69) is 13.1 Å². The highest BCUT2D eigenvalue weighted by Crippen LogP contribution is 2.56. The van der Waals surface area contributed by atoms with Crippen molar-refractivity contribution >= 4 is 32.1 Å². The fourth-order valence-corrected chi connectivity index (χ4v) is 5.84. The number of anilines is 1. The van der Waals surface area contributed by atoms with E-state index in [-0.39, 0.29) is 24.2 Å². The highest BCUT2D eigenvalue weighted by atomic mass is 28.3. The second kappa shape index (κ2) is 11.3. The number of fused-ring (bicyclic) bond motifs is 2. The van der Waals surface area contributed by atoms with Gasteiger partial charge in [-0.15, -0.1) is 0 Å². The van der Waals surface area contributed by atoms with Gasteiger partial charge in [-0.05, 0) is 54.3 Å². The van der Waals surface area contributed by atoms with Crippen LogP contribution in [0.25, 0.3) is 0 Å². The maximum absolute atomic E-state index is 13.5. The van der Waals surface area contributed by atoms with Crippen molar-refractivity contribution in [3.8, 4) is 5.75 Å². The molecule has 0 spiro atoms. The summed E-state index contributed by atoms with van der Waals surface area (Å²) in [6.07, 6.45) is 1.22. The Morgan fingerprint density at radius 2 is 1.72 bits per heavy atom. The summed E-state index contributed by atoms with van der Waals surface area (Å²) in [4.78, 5) is 27.0. The van der Waals surface area contributed by atoms with E-state index in [1.807, 2.05) is 50.4 Å². The Morgan fingerprint density at radius 3 is 2.42 bits per heavy atom. The Morgan fingerprint density at radius 1 is 1.03 bits per heavy atom. The van der Waals surface area contributed by atoms with E-state index >= 15 is 0 Å². The number of phenolic OH excluding ortho intramolecular Hbond substituents is 1. The van der Waals surface area contributed by atoms with Gasteiger partial charge in [0.15, 0.2) is 0 Å². The van der Waals surface area contributed by atoms with Crippen molar-refractivity contribution in [1.82, 2.24) is 0 Å². The molecule has 2 bridgehead atoms. The van der Waals surface area contributed by atoms with Crippen LogP contribution in [0, 0.1) is 11.8 Å². The maximum atomic E-state index is 13.5. The van der Waals surface area contributed by atoms with E-state index in [1.165, 1.54) is 0 Å². The van der Waals surface area contributed by atoms with Crippen molar-refractivity contribution in [3.63, 3.8) is 0 Å². The Labute approximate surface area is 214 Å². The first kappa shape index (κ1) is 25.9. The van der Waals surface area contributed by atoms with E-state index in [0.29, 0.717) is 19.4 Å². The summed E-state index contributed by atoms with van der Waals surface area (Å²) in [6, 6.07) is 15.9. The van der Waals surface area contributed by atoms with Crippen molar-refractivity contribution in [3.05, 3.63) is 59.7 Å². The van der Waals surface area contributed by atoms with Crippen LogP contribution in [0.15, 0.2) is 53.6 Å². The zero-order valence-electron chi connectivity index (χ0n) is 21.4. The number of nitrogens with zero attached hydrogens (tertiary/aromatic N) is 2. The molecule has 0 amide bonds. The van der Waals surface area contributed by atoms with E-state index < -0.39 is 32.5 Å². The molecule has 191 valence electrons. The predicted octanol–water partition coefficient (Wildman–Crippen LogP) is 4.95. The zero-order valence-corrected chi connectivity index (χ0v) is 22.4. The number of carbonyl (C=O) groups excluding carboxylic acids is 2. The summed E-state index contributed by atoms with van der Waals surface area (Å²) < 4.78 is 11.4. The predicted molar refractivity (Wildman–Crippen MR) is 142 cm³/mol. The first-order chi connectivity index (χ1) is 17.3. The third-order valence-corrected chi connectivity index (χ3v) is 8.22. The van der Waals surface area contributed by atoms with Gasteiger partial charge in [-0.2, -0.15) is 5.10 Å². The molecule has 3 aliphatic rings. The fraction of sp³-hybridized carbons (Fsp3) is 0.464. The minimum Gasteiger partial charge on any atom is -0.508 e. The minimum atomic E-state index is -0.756. The molecule has 0 aromatic heterocycles. The van der Waals surface area contributed by atoms with Gasteiger partial charge < -0.3 is 14.6 Å². The number of hydrogen-bond acceptors (Lipinski definition) is 7. The van der Waals surface area contributed by atoms with Crippen LogP contribution in [0.5, 0.6) is 5.75 Å². The molecule has 7 nitrogen and oxygen atoms in total. The van der Waals surface area contributed by atoms with Gasteiger partial charge in [0.1, 0.15) is 5.75 Å². The smallest absolute Gasteiger partial charge is 0.310 e. The third kappa shape index (κ3) is 5.33. The van der Waals surface area contributed by atoms with Gasteiger partial charge >= 0.3 is 11.9 Å². The molecule has 2 unspecified atom stereocenters. The molecule has 4 atom stereocenters. The normalized spacial score (nSPS) is 23.4. The molecule has 5 rings (SSSR count). The maximum Gasteiger partial charge on any atom is 0.310 e. The number of ether oxygens (including phenoxy) is 2. The van der Waals surface area contributed by atoms with Gasteiger partial charge in [0.2, 0.25) is 0 Å². The van der Waals surface area contributed by atoms with Crippen LogP contribution in [0.3, 0.4) is 0 Å². The molecule has 1 fully saturated rings. The summed E-state index contributed by atoms with van der Waals surface area (Å²) in [6.45, 7) is 6.96. The molecular weight excluding hydrogens is 472 g/mol. The number of rotatable bonds is 9. The monoisotopic (exact) mass is 507 g/mol. The SMILES string of the molecule is CCCOC(=O)[C@H]1C(C(=O)OCC[Si](C)C)C2C/C(=N\N(C)c3ccccc3)[C@H]1c1cc(O)ccc12. The highest BCUT2D eigenvalue weighted by molar-refractivity contribution is 6.55. The molecule has 8 heteroatoms. The Balaban J connectivity index is 1.76. The molecular formula is C28H35N2O5Si. The minimum absolute atomic E-state index is 0.123. The third-order valence-electron chi connectivity index (χ3n) is 7.02. The van der Waals surface area contributed by atoms with Gasteiger partial charge in [0.25, 0.3) is 0 Å². The Kier molecular flexibility index (Phi) is 8.13. The van der Waals surface area contributed by atoms with Crippen LogP contribution < -0.4 is 5.01 Å². The van der Waals surface area contributed by atoms with Gasteiger partial charge in [0, 0.05) is 33.4 Å². The number of esters is 2. The molecule has 36 heavy (non-hydrogen) atoms. The van der Waals surface area contributed by atoms with Crippen molar-refractivity contribution in [1.29, 1.82) is 0 Å². The number of benzene rings is 2. The second-order valence-electron chi connectivity index (χ2n) is 9.90. The summed E-state index contributed by atoms with van der Waals surface area (Å²) in [7, 11) is 1.34. The summed E-state index contributed by atoms with van der Waals surface area (Å²) in [5.74, 6) is -2.81. The first-order valence-corrected chi connectivity index (χ1v) is 15.3. The lowest BCUT2D eigenvalue weighted by molar-refractivity contribution is -0.163. The summed E-state index contributed by atoms with van der Waals surface area (Å²) >= 11 is 0. The average molecular weight is 508 g/mol. The topological polar surface area (TPSA) is 88.4 Å². The largest absolute Gasteiger partial charge is 0.508 e. The van der Waals surface area contributed by atoms with Crippen LogP contribution in [-0.2, 0) is 19.1 Å². The number of hydrogen-bond donors (Lipinski definition) is 1. The second-order valence-corrected chi connectivity index (χ2v) is 12.8. The number of phenols is 1. The van der Waals surface area contributed by atoms with Crippen molar-refractivity contribution < 1.29 is 24.2 Å². The molecule has 2 aromatic carbocycles. The van der Waals surface area contributed by atoms with Crippen molar-refractivity contribution in [2.75, 3.05) is 25.3 Å². The van der Waals surface area contributed by atoms with Gasteiger partial charge in [-0.1, -0.05) is 44.3 Å². The summed E-state index contributed by atoms with van der Waals surface area (Å²) in [5.41, 5.74) is 3.53. The van der Waals surface area contributed by atoms with Crippen molar-refractivity contribution in [2.45, 2.75) is 50.7 Å². The van der Waals surface area contributed by atoms with E-state index in [1.54, 1.807) is 17.1 Å². The fourth-order valence-electron chi connectivity index (χ4n) is 5.33. The molecule has 1 saturated carbocycles. The van der Waals surface area contributed by atoms with Crippen LogP contribution in [0.4, 0.5) is 5.69 Å². The van der Waals surface area contributed by atoms with Gasteiger partial charge in [-0.25, -0.2) is 0 Å². The standard InChI is InChI=1S/C28H35N2O5Si/c1-5-13-34-28(33)26-24-21-16-19(31)11-12-20(21)22(25(26)27(32)35-14-15-36(3)4)17-23(24)29-30(2)18-9-7-6-8-10-18/h6-12,16,22,24-26,31H,5,13-15,17H2,1-4H3/b29-23+/t22?,24-,25?,26-/m1/s1. The first-order valence-electron chi connectivity index (χ1n) is 12.6.